The minimum absolute atomic E-state index is 0.127. The molecule has 1 aliphatic carbocycles. The molecule has 1 atom stereocenters. The molecule has 1 N–H and O–H groups in total. The number of hydrogen-bond donors (Lipinski definition) is 1. The van der Waals surface area contributed by atoms with Gasteiger partial charge in [-0.15, -0.1) is 0 Å². The lowest BCUT2D eigenvalue weighted by Crippen LogP contribution is -2.24. The van der Waals surface area contributed by atoms with Gasteiger partial charge in [-0.2, -0.15) is 0 Å². The van der Waals surface area contributed by atoms with E-state index in [0.29, 0.717) is 11.6 Å². The Kier molecular flexibility index (Phi) is 3.04. The lowest BCUT2D eigenvalue weighted by atomic mass is 10.00. The second kappa shape index (κ2) is 4.56. The van der Waals surface area contributed by atoms with Crippen LogP contribution in [0.15, 0.2) is 12.1 Å². The van der Waals surface area contributed by atoms with Gasteiger partial charge in [0.05, 0.1) is 6.61 Å². The van der Waals surface area contributed by atoms with E-state index in [-0.39, 0.29) is 18.1 Å². The van der Waals surface area contributed by atoms with E-state index in [1.54, 1.807) is 6.07 Å². The summed E-state index contributed by atoms with van der Waals surface area (Å²) < 4.78 is 5.55. The van der Waals surface area contributed by atoms with E-state index < -0.39 is 6.10 Å². The van der Waals surface area contributed by atoms with Crippen molar-refractivity contribution in [2.24, 2.45) is 5.92 Å². The smallest absolute Gasteiger partial charge is 0.166 e. The van der Waals surface area contributed by atoms with Crippen LogP contribution in [0.4, 0.5) is 0 Å². The van der Waals surface area contributed by atoms with Gasteiger partial charge in [-0.1, -0.05) is 11.6 Å². The topological polar surface area (TPSA) is 46.5 Å². The lowest BCUT2D eigenvalue weighted by molar-refractivity contribution is -0.127. The number of hydrogen-bond acceptors (Lipinski definition) is 3. The van der Waals surface area contributed by atoms with Crippen molar-refractivity contribution < 1.29 is 14.6 Å². The van der Waals surface area contributed by atoms with E-state index in [9.17, 15) is 9.90 Å². The minimum atomic E-state index is -0.818. The van der Waals surface area contributed by atoms with Crippen LogP contribution in [0.1, 0.15) is 24.0 Å². The molecule has 1 heterocycles. The molecular formula is C14H15ClO3. The van der Waals surface area contributed by atoms with Gasteiger partial charge in [-0.3, -0.25) is 4.79 Å². The van der Waals surface area contributed by atoms with Crippen molar-refractivity contribution >= 4 is 17.4 Å². The normalized spacial score (nSPS) is 19.2. The Morgan fingerprint density at radius 3 is 3.00 bits per heavy atom. The second-order valence-corrected chi connectivity index (χ2v) is 5.51. The fraction of sp³-hybridized carbons (Fsp3) is 0.500. The van der Waals surface area contributed by atoms with E-state index in [4.69, 9.17) is 16.3 Å². The number of aliphatic hydroxyl groups is 1. The number of aliphatic hydroxyl groups excluding tert-OH is 1. The molecule has 3 rings (SSSR count). The molecule has 18 heavy (non-hydrogen) atoms. The number of carbonyl (C=O) groups excluding carboxylic acids is 1. The molecule has 3 nitrogen and oxygen atoms in total. The van der Waals surface area contributed by atoms with Crippen LogP contribution in [0.2, 0.25) is 5.02 Å². The summed E-state index contributed by atoms with van der Waals surface area (Å²) in [5.41, 5.74) is 1.87. The molecule has 2 aliphatic rings. The molecule has 0 radical (unpaired) electrons. The molecule has 1 aromatic carbocycles. The average molecular weight is 267 g/mol. The molecule has 1 fully saturated rings. The van der Waals surface area contributed by atoms with Crippen molar-refractivity contribution in [3.8, 4) is 5.75 Å². The van der Waals surface area contributed by atoms with Crippen molar-refractivity contribution in [2.75, 3.05) is 6.61 Å². The number of ketones is 1. The lowest BCUT2D eigenvalue weighted by Gasteiger charge is -2.11. The zero-order chi connectivity index (χ0) is 12.7. The first kappa shape index (κ1) is 12.0. The fourth-order valence-electron chi connectivity index (χ4n) is 2.44. The number of carbonyl (C=O) groups is 1. The number of halogens is 1. The largest absolute Gasteiger partial charge is 0.493 e. The van der Waals surface area contributed by atoms with Gasteiger partial charge in [0, 0.05) is 23.4 Å². The summed E-state index contributed by atoms with van der Waals surface area (Å²) in [5.74, 6) is 0.832. The number of fused-ring (bicyclic) bond motifs is 1. The molecule has 1 saturated carbocycles. The molecule has 0 aromatic heterocycles. The van der Waals surface area contributed by atoms with Gasteiger partial charge in [0.2, 0.25) is 0 Å². The molecule has 4 heteroatoms. The van der Waals surface area contributed by atoms with Gasteiger partial charge >= 0.3 is 0 Å². The Labute approximate surface area is 111 Å². The van der Waals surface area contributed by atoms with E-state index in [0.717, 1.165) is 36.1 Å². The summed E-state index contributed by atoms with van der Waals surface area (Å²) in [4.78, 5) is 12.0. The number of benzene rings is 1. The minimum Gasteiger partial charge on any atom is -0.493 e. The molecule has 1 aliphatic heterocycles. The highest BCUT2D eigenvalue weighted by Gasteiger charge is 2.34. The third-order valence-corrected chi connectivity index (χ3v) is 3.81. The monoisotopic (exact) mass is 266 g/mol. The number of Topliss-reactive ketones (excluding diaryl/α,β-unsaturated/α-hetero) is 1. The first-order chi connectivity index (χ1) is 8.65. The predicted octanol–water partition coefficient (Wildman–Crippen LogP) is 2.16. The van der Waals surface area contributed by atoms with Crippen LogP contribution >= 0.6 is 11.6 Å². The van der Waals surface area contributed by atoms with Crippen LogP contribution in [0.5, 0.6) is 5.75 Å². The average Bonchev–Trinajstić information content (AvgIpc) is 3.07. The van der Waals surface area contributed by atoms with Crippen LogP contribution in [-0.2, 0) is 17.6 Å². The Morgan fingerprint density at radius 1 is 1.50 bits per heavy atom. The maximum Gasteiger partial charge on any atom is 0.166 e. The first-order valence-corrected chi connectivity index (χ1v) is 6.68. The van der Waals surface area contributed by atoms with E-state index in [2.05, 4.69) is 0 Å². The molecule has 0 spiro atoms. The molecule has 1 unspecified atom stereocenters. The molecule has 96 valence electrons. The number of ether oxygens (including phenoxy) is 1. The highest BCUT2D eigenvalue weighted by molar-refractivity contribution is 6.30. The molecular weight excluding hydrogens is 252 g/mol. The van der Waals surface area contributed by atoms with Gasteiger partial charge in [0.15, 0.2) is 5.78 Å². The zero-order valence-corrected chi connectivity index (χ0v) is 10.7. The second-order valence-electron chi connectivity index (χ2n) is 5.08. The van der Waals surface area contributed by atoms with Gasteiger partial charge in [-0.05, 0) is 36.5 Å². The molecule has 0 bridgehead atoms. The van der Waals surface area contributed by atoms with Crippen LogP contribution in [0.25, 0.3) is 0 Å². The van der Waals surface area contributed by atoms with Crippen molar-refractivity contribution in [2.45, 2.75) is 31.8 Å². The Hall–Kier alpha value is -1.06. The third kappa shape index (κ3) is 2.25. The zero-order valence-electron chi connectivity index (χ0n) is 9.99. The predicted molar refractivity (Wildman–Crippen MR) is 68.1 cm³/mol. The Balaban J connectivity index is 1.81. The summed E-state index contributed by atoms with van der Waals surface area (Å²) >= 11 is 6.04. The van der Waals surface area contributed by atoms with Crippen LogP contribution in [-0.4, -0.2) is 23.6 Å². The van der Waals surface area contributed by atoms with Gasteiger partial charge in [0.1, 0.15) is 11.9 Å². The Morgan fingerprint density at radius 2 is 2.28 bits per heavy atom. The van der Waals surface area contributed by atoms with Gasteiger partial charge in [-0.25, -0.2) is 0 Å². The summed E-state index contributed by atoms with van der Waals surface area (Å²) in [7, 11) is 0. The quantitative estimate of drug-likeness (QED) is 0.908. The molecule has 1 aromatic rings. The van der Waals surface area contributed by atoms with Crippen LogP contribution in [0, 0.1) is 5.92 Å². The van der Waals surface area contributed by atoms with Crippen molar-refractivity contribution in [3.63, 3.8) is 0 Å². The highest BCUT2D eigenvalue weighted by atomic mass is 35.5. The molecule has 0 saturated heterocycles. The molecule has 0 amide bonds. The van der Waals surface area contributed by atoms with E-state index in [1.165, 1.54) is 0 Å². The van der Waals surface area contributed by atoms with Crippen LogP contribution in [0.3, 0.4) is 0 Å². The summed E-state index contributed by atoms with van der Waals surface area (Å²) in [5, 5.41) is 10.4. The summed E-state index contributed by atoms with van der Waals surface area (Å²) in [6.45, 7) is 0.641. The fourth-order valence-corrected chi connectivity index (χ4v) is 2.71. The van der Waals surface area contributed by atoms with Gasteiger partial charge in [0.25, 0.3) is 0 Å². The van der Waals surface area contributed by atoms with Crippen molar-refractivity contribution in [3.05, 3.63) is 28.3 Å². The van der Waals surface area contributed by atoms with Crippen molar-refractivity contribution in [1.82, 2.24) is 0 Å². The number of rotatable bonds is 4. The third-order valence-electron chi connectivity index (χ3n) is 3.59. The Bertz CT molecular complexity index is 494. The summed E-state index contributed by atoms with van der Waals surface area (Å²) in [6, 6.07) is 3.65. The maximum absolute atomic E-state index is 12.0. The van der Waals surface area contributed by atoms with Crippen LogP contribution < -0.4 is 4.74 Å². The highest BCUT2D eigenvalue weighted by Crippen LogP contribution is 2.36. The van der Waals surface area contributed by atoms with Gasteiger partial charge < -0.3 is 9.84 Å². The first-order valence-electron chi connectivity index (χ1n) is 6.30. The summed E-state index contributed by atoms with van der Waals surface area (Å²) in [6.07, 6.45) is 2.14. The van der Waals surface area contributed by atoms with E-state index in [1.807, 2.05) is 6.07 Å². The van der Waals surface area contributed by atoms with Crippen molar-refractivity contribution in [1.29, 1.82) is 0 Å². The maximum atomic E-state index is 12.0. The SMILES string of the molecule is O=C(Cc1cc(Cl)cc2c1OCC2)C(O)C1CC1. The van der Waals surface area contributed by atoms with E-state index >= 15 is 0 Å². The standard InChI is InChI=1S/C14H15ClO3/c15-11-5-9-3-4-18-14(9)10(6-11)7-12(16)13(17)8-1-2-8/h5-6,8,13,17H,1-4,7H2.